The van der Waals surface area contributed by atoms with Gasteiger partial charge in [-0.15, -0.1) is 0 Å². The number of hydrogen-bond acceptors (Lipinski definition) is 2. The third-order valence-corrected chi connectivity index (χ3v) is 2.60. The molecule has 0 bridgehead atoms. The van der Waals surface area contributed by atoms with Gasteiger partial charge < -0.3 is 15.0 Å². The van der Waals surface area contributed by atoms with E-state index in [0.717, 1.165) is 19.7 Å². The summed E-state index contributed by atoms with van der Waals surface area (Å²) >= 11 is 0. The quantitative estimate of drug-likeness (QED) is 0.763. The number of rotatable bonds is 4. The Bertz CT molecular complexity index is 277. The van der Waals surface area contributed by atoms with Crippen LogP contribution in [-0.2, 0) is 11.3 Å². The molecule has 2 heterocycles. The maximum absolute atomic E-state index is 5.52. The number of aromatic amines is 1. The van der Waals surface area contributed by atoms with Gasteiger partial charge in [-0.3, -0.25) is 0 Å². The molecule has 1 aliphatic rings. The van der Waals surface area contributed by atoms with Crippen LogP contribution < -0.4 is 5.32 Å². The van der Waals surface area contributed by atoms with Crippen LogP contribution in [0.5, 0.6) is 0 Å². The number of ether oxygens (including phenoxy) is 1. The molecular weight excluding hydrogens is 176 g/mol. The summed E-state index contributed by atoms with van der Waals surface area (Å²) in [6, 6.07) is 4.22. The maximum atomic E-state index is 5.52. The van der Waals surface area contributed by atoms with Crippen molar-refractivity contribution in [2.45, 2.75) is 32.4 Å². The zero-order valence-corrected chi connectivity index (χ0v) is 8.68. The van der Waals surface area contributed by atoms with E-state index in [9.17, 15) is 0 Å². The second-order valence-corrected chi connectivity index (χ2v) is 3.93. The fourth-order valence-corrected chi connectivity index (χ4v) is 1.84. The standard InChI is InChI=1S/C11H18N2O/c1-9-4-5-10(13-9)7-12-8-11-3-2-6-14-11/h4-5,11-13H,2-3,6-8H2,1H3/t11-/m0/s1. The molecule has 0 aliphatic carbocycles. The van der Waals surface area contributed by atoms with Crippen molar-refractivity contribution in [1.82, 2.24) is 10.3 Å². The largest absolute Gasteiger partial charge is 0.377 e. The Morgan fingerprint density at radius 2 is 2.50 bits per heavy atom. The molecule has 14 heavy (non-hydrogen) atoms. The molecule has 1 saturated heterocycles. The molecule has 2 N–H and O–H groups in total. The predicted octanol–water partition coefficient (Wildman–Crippen LogP) is 1.59. The first-order valence-corrected chi connectivity index (χ1v) is 5.31. The van der Waals surface area contributed by atoms with Gasteiger partial charge in [0.1, 0.15) is 0 Å². The van der Waals surface area contributed by atoms with Crippen LogP contribution in [0.1, 0.15) is 24.2 Å². The predicted molar refractivity (Wildman–Crippen MR) is 56.2 cm³/mol. The Kier molecular flexibility index (Phi) is 3.22. The Morgan fingerprint density at radius 3 is 3.14 bits per heavy atom. The molecule has 0 saturated carbocycles. The molecule has 1 atom stereocenters. The van der Waals surface area contributed by atoms with Crippen LogP contribution in [-0.4, -0.2) is 24.2 Å². The highest BCUT2D eigenvalue weighted by Crippen LogP contribution is 2.10. The smallest absolute Gasteiger partial charge is 0.0700 e. The van der Waals surface area contributed by atoms with Crippen molar-refractivity contribution in [3.8, 4) is 0 Å². The molecule has 1 aromatic rings. The fourth-order valence-electron chi connectivity index (χ4n) is 1.84. The van der Waals surface area contributed by atoms with Gasteiger partial charge in [0.05, 0.1) is 6.10 Å². The lowest BCUT2D eigenvalue weighted by molar-refractivity contribution is 0.110. The number of aryl methyl sites for hydroxylation is 1. The van der Waals surface area contributed by atoms with Crippen molar-refractivity contribution in [3.63, 3.8) is 0 Å². The van der Waals surface area contributed by atoms with Crippen LogP contribution >= 0.6 is 0 Å². The van der Waals surface area contributed by atoms with Crippen LogP contribution in [0.3, 0.4) is 0 Å². The van der Waals surface area contributed by atoms with E-state index in [-0.39, 0.29) is 0 Å². The van der Waals surface area contributed by atoms with E-state index in [1.54, 1.807) is 0 Å². The molecule has 1 aromatic heterocycles. The molecule has 0 unspecified atom stereocenters. The van der Waals surface area contributed by atoms with Crippen molar-refractivity contribution >= 4 is 0 Å². The lowest BCUT2D eigenvalue weighted by atomic mass is 10.2. The Labute approximate surface area is 84.9 Å². The SMILES string of the molecule is Cc1ccc(CNC[C@@H]2CCCO2)[nH]1. The monoisotopic (exact) mass is 194 g/mol. The van der Waals surface area contributed by atoms with Crippen LogP contribution in [0.25, 0.3) is 0 Å². The van der Waals surface area contributed by atoms with Gasteiger partial charge in [0.2, 0.25) is 0 Å². The highest BCUT2D eigenvalue weighted by Gasteiger charge is 2.14. The molecule has 3 nitrogen and oxygen atoms in total. The van der Waals surface area contributed by atoms with Crippen molar-refractivity contribution in [2.75, 3.05) is 13.2 Å². The topological polar surface area (TPSA) is 37.0 Å². The van der Waals surface area contributed by atoms with Crippen molar-refractivity contribution < 1.29 is 4.74 Å². The highest BCUT2D eigenvalue weighted by atomic mass is 16.5. The average molecular weight is 194 g/mol. The lowest BCUT2D eigenvalue weighted by Crippen LogP contribution is -2.25. The molecule has 1 fully saturated rings. The zero-order valence-electron chi connectivity index (χ0n) is 8.68. The van der Waals surface area contributed by atoms with Crippen LogP contribution in [0.2, 0.25) is 0 Å². The molecule has 1 aliphatic heterocycles. The third kappa shape index (κ3) is 2.59. The summed E-state index contributed by atoms with van der Waals surface area (Å²) in [5.74, 6) is 0. The van der Waals surface area contributed by atoms with Gasteiger partial charge in [-0.05, 0) is 31.9 Å². The molecular formula is C11H18N2O. The van der Waals surface area contributed by atoms with Crippen molar-refractivity contribution in [2.24, 2.45) is 0 Å². The van der Waals surface area contributed by atoms with Gasteiger partial charge in [0, 0.05) is 31.1 Å². The van der Waals surface area contributed by atoms with Gasteiger partial charge in [0.15, 0.2) is 0 Å². The minimum Gasteiger partial charge on any atom is -0.377 e. The number of hydrogen-bond donors (Lipinski definition) is 2. The number of nitrogens with one attached hydrogen (secondary N) is 2. The first-order chi connectivity index (χ1) is 6.84. The number of aromatic nitrogens is 1. The fraction of sp³-hybridized carbons (Fsp3) is 0.636. The zero-order chi connectivity index (χ0) is 9.80. The highest BCUT2D eigenvalue weighted by molar-refractivity contribution is 5.11. The first kappa shape index (κ1) is 9.74. The van der Waals surface area contributed by atoms with E-state index in [4.69, 9.17) is 4.74 Å². The van der Waals surface area contributed by atoms with E-state index >= 15 is 0 Å². The molecule has 0 spiro atoms. The van der Waals surface area contributed by atoms with Crippen molar-refractivity contribution in [1.29, 1.82) is 0 Å². The first-order valence-electron chi connectivity index (χ1n) is 5.31. The van der Waals surface area contributed by atoms with E-state index in [1.165, 1.54) is 24.2 Å². The summed E-state index contributed by atoms with van der Waals surface area (Å²) in [6.07, 6.45) is 2.86. The van der Waals surface area contributed by atoms with E-state index < -0.39 is 0 Å². The number of H-pyrrole nitrogens is 1. The Morgan fingerprint density at radius 1 is 1.57 bits per heavy atom. The van der Waals surface area contributed by atoms with Gasteiger partial charge in [-0.2, -0.15) is 0 Å². The summed E-state index contributed by atoms with van der Waals surface area (Å²) in [4.78, 5) is 3.30. The Hall–Kier alpha value is -0.800. The summed E-state index contributed by atoms with van der Waals surface area (Å²) < 4.78 is 5.52. The summed E-state index contributed by atoms with van der Waals surface area (Å²) in [7, 11) is 0. The molecule has 2 rings (SSSR count). The minimum atomic E-state index is 0.436. The van der Waals surface area contributed by atoms with E-state index in [0.29, 0.717) is 6.10 Å². The van der Waals surface area contributed by atoms with Crippen molar-refractivity contribution in [3.05, 3.63) is 23.5 Å². The van der Waals surface area contributed by atoms with Gasteiger partial charge in [0.25, 0.3) is 0 Å². The maximum Gasteiger partial charge on any atom is 0.0700 e. The molecule has 78 valence electrons. The third-order valence-electron chi connectivity index (χ3n) is 2.60. The van der Waals surface area contributed by atoms with Gasteiger partial charge in [-0.25, -0.2) is 0 Å². The second-order valence-electron chi connectivity index (χ2n) is 3.93. The molecule has 3 heteroatoms. The van der Waals surface area contributed by atoms with E-state index in [2.05, 4.69) is 29.4 Å². The van der Waals surface area contributed by atoms with Crippen LogP contribution in [0.4, 0.5) is 0 Å². The van der Waals surface area contributed by atoms with E-state index in [1.807, 2.05) is 0 Å². The molecule has 0 aromatic carbocycles. The van der Waals surface area contributed by atoms with Gasteiger partial charge >= 0.3 is 0 Å². The van der Waals surface area contributed by atoms with Gasteiger partial charge in [-0.1, -0.05) is 0 Å². The van der Waals surface area contributed by atoms with Crippen LogP contribution in [0.15, 0.2) is 12.1 Å². The Balaban J connectivity index is 1.67. The van der Waals surface area contributed by atoms with Crippen LogP contribution in [0, 0.1) is 6.92 Å². The summed E-state index contributed by atoms with van der Waals surface area (Å²) in [5, 5.41) is 3.40. The lowest BCUT2D eigenvalue weighted by Gasteiger charge is -2.09. The minimum absolute atomic E-state index is 0.436. The normalized spacial score (nSPS) is 21.6. The second kappa shape index (κ2) is 4.62. The summed E-state index contributed by atoms with van der Waals surface area (Å²) in [6.45, 7) is 4.89. The average Bonchev–Trinajstić information content (AvgIpc) is 2.77. The molecule has 0 amide bonds. The molecule has 0 radical (unpaired) electrons. The summed E-state index contributed by atoms with van der Waals surface area (Å²) in [5.41, 5.74) is 2.47.